The molecule has 0 heterocycles. The van der Waals surface area contributed by atoms with Crippen LogP contribution in [0.2, 0.25) is 0 Å². The summed E-state index contributed by atoms with van der Waals surface area (Å²) < 4.78 is 101. The molecule has 2 aromatic carbocycles. The lowest BCUT2D eigenvalue weighted by molar-refractivity contribution is -0.142. The Balaban J connectivity index is 2.15. The van der Waals surface area contributed by atoms with Crippen LogP contribution in [0.5, 0.6) is 5.75 Å². The number of nitrogens with one attached hydrogen (secondary N) is 1. The summed E-state index contributed by atoms with van der Waals surface area (Å²) in [7, 11) is 0.847. The molecule has 0 aromatic heterocycles. The molecule has 5 heteroatoms. The van der Waals surface area contributed by atoms with E-state index in [9.17, 15) is 9.90 Å². The number of methoxy groups -OCH3 is 1. The second-order valence-corrected chi connectivity index (χ2v) is 8.46. The number of rotatable bonds is 9. The first kappa shape index (κ1) is 13.4. The van der Waals surface area contributed by atoms with Crippen molar-refractivity contribution in [3.63, 3.8) is 0 Å². The van der Waals surface area contributed by atoms with Crippen LogP contribution in [-0.2, 0) is 15.1 Å². The monoisotopic (exact) mass is 450 g/mol. The maximum absolute atomic E-state index is 13.7. The van der Waals surface area contributed by atoms with E-state index in [1.807, 2.05) is 0 Å². The number of ether oxygens (including phenoxy) is 2. The van der Waals surface area contributed by atoms with Crippen molar-refractivity contribution in [1.82, 2.24) is 5.32 Å². The van der Waals surface area contributed by atoms with Crippen molar-refractivity contribution in [1.29, 1.82) is 0 Å². The molecular weight excluding hydrogens is 402 g/mol. The number of hydrogen-bond donors (Lipinski definition) is 2. The van der Waals surface area contributed by atoms with Gasteiger partial charge in [-0.25, -0.2) is 0 Å². The quantitative estimate of drug-likeness (QED) is 0.555. The van der Waals surface area contributed by atoms with Gasteiger partial charge in [0.2, 0.25) is 0 Å². The summed E-state index contributed by atoms with van der Waals surface area (Å²) in [6.07, 6.45) is 2.95. The van der Waals surface area contributed by atoms with E-state index >= 15 is 0 Å². The molecule has 1 amide bonds. The minimum absolute atomic E-state index is 0.0565. The molecule has 0 unspecified atom stereocenters. The van der Waals surface area contributed by atoms with Gasteiger partial charge in [0.25, 0.3) is 5.91 Å². The molecule has 2 atom stereocenters. The minimum Gasteiger partial charge on any atom is -0.493 e. The zero-order chi connectivity index (χ0) is 32.7. The van der Waals surface area contributed by atoms with Gasteiger partial charge in [-0.05, 0) is 56.7 Å². The van der Waals surface area contributed by atoms with Crippen molar-refractivity contribution in [3.8, 4) is 5.75 Å². The van der Waals surface area contributed by atoms with Crippen molar-refractivity contribution in [2.75, 3.05) is 13.7 Å². The number of carbonyl (C=O) groups is 1. The Morgan fingerprint density at radius 1 is 1.16 bits per heavy atom. The van der Waals surface area contributed by atoms with Crippen LogP contribution in [0.25, 0.3) is 0 Å². The molecule has 0 spiro atoms. The standard InChI is InChI=1S/C27H37NO4/c1-25(2,31-5)23(28-24(29)27(4,30)21-11-7-6-8-12-21)20-13-15-22(16-14-20)32-19-26(3)17-9-10-18-26/h6-8,11-16,23,30H,9-10,17-19H2,1-5H3,(H,28,29)/t23-,27-/m1/s1/i1D3,2D3,4D3,19D2. The van der Waals surface area contributed by atoms with Crippen molar-refractivity contribution in [3.05, 3.63) is 65.7 Å². The van der Waals surface area contributed by atoms with Crippen LogP contribution in [0.1, 0.15) is 85.4 Å². The Kier molecular flexibility index (Phi) is 4.02. The Hall–Kier alpha value is -2.37. The maximum Gasteiger partial charge on any atom is 0.256 e. The Labute approximate surface area is 207 Å². The molecule has 2 aromatic rings. The van der Waals surface area contributed by atoms with Crippen molar-refractivity contribution < 1.29 is 34.5 Å². The van der Waals surface area contributed by atoms with E-state index in [0.717, 1.165) is 20.0 Å². The van der Waals surface area contributed by atoms with Crippen LogP contribution in [-0.4, -0.2) is 30.3 Å². The number of aliphatic hydroxyl groups is 1. The van der Waals surface area contributed by atoms with E-state index < -0.39 is 55.7 Å². The highest BCUT2D eigenvalue weighted by Crippen LogP contribution is 2.38. The molecule has 0 bridgehead atoms. The number of benzene rings is 2. The fourth-order valence-corrected chi connectivity index (χ4v) is 3.75. The van der Waals surface area contributed by atoms with Gasteiger partial charge in [0.05, 0.1) is 20.9 Å². The van der Waals surface area contributed by atoms with Gasteiger partial charge in [0, 0.05) is 24.9 Å². The van der Waals surface area contributed by atoms with Crippen LogP contribution in [0.3, 0.4) is 0 Å². The predicted octanol–water partition coefficient (Wildman–Crippen LogP) is 5.14. The highest BCUT2D eigenvalue weighted by atomic mass is 16.5. The molecule has 1 saturated carbocycles. The summed E-state index contributed by atoms with van der Waals surface area (Å²) >= 11 is 0. The lowest BCUT2D eigenvalue weighted by Gasteiger charge is -2.36. The molecule has 2 N–H and O–H groups in total. The maximum atomic E-state index is 13.7. The smallest absolute Gasteiger partial charge is 0.256 e. The lowest BCUT2D eigenvalue weighted by atomic mass is 9.89. The highest BCUT2D eigenvalue weighted by molar-refractivity contribution is 5.86. The second kappa shape index (κ2) is 9.63. The third kappa shape index (κ3) is 5.51. The van der Waals surface area contributed by atoms with E-state index in [0.29, 0.717) is 12.8 Å². The summed E-state index contributed by atoms with van der Waals surface area (Å²) in [5.74, 6) is -1.52. The number of hydrogen-bond acceptors (Lipinski definition) is 4. The largest absolute Gasteiger partial charge is 0.493 e. The van der Waals surface area contributed by atoms with E-state index in [1.165, 1.54) is 54.6 Å². The van der Waals surface area contributed by atoms with Crippen molar-refractivity contribution in [2.45, 2.75) is 70.4 Å². The van der Waals surface area contributed by atoms with E-state index in [4.69, 9.17) is 24.6 Å². The van der Waals surface area contributed by atoms with Gasteiger partial charge < -0.3 is 19.9 Å². The summed E-state index contributed by atoms with van der Waals surface area (Å²) in [6, 6.07) is 9.70. The number of carbonyl (C=O) groups excluding carboxylic acids is 1. The first-order chi connectivity index (χ1) is 19.6. The summed E-state index contributed by atoms with van der Waals surface area (Å²) in [6.45, 7) is -10.5. The van der Waals surface area contributed by atoms with E-state index in [-0.39, 0.29) is 16.9 Å². The molecule has 0 radical (unpaired) electrons. The molecule has 3 rings (SSSR count). The Bertz CT molecular complexity index is 1240. The van der Waals surface area contributed by atoms with E-state index in [1.54, 1.807) is 6.92 Å². The Morgan fingerprint density at radius 3 is 2.38 bits per heavy atom. The average Bonchev–Trinajstić information content (AvgIpc) is 3.35. The van der Waals surface area contributed by atoms with E-state index in [2.05, 4.69) is 5.32 Å². The topological polar surface area (TPSA) is 67.8 Å². The molecule has 5 nitrogen and oxygen atoms in total. The van der Waals surface area contributed by atoms with Gasteiger partial charge in [-0.15, -0.1) is 0 Å². The fourth-order valence-electron chi connectivity index (χ4n) is 3.75. The molecule has 1 fully saturated rings. The second-order valence-electron chi connectivity index (χ2n) is 8.46. The van der Waals surface area contributed by atoms with Gasteiger partial charge in [-0.2, -0.15) is 0 Å². The van der Waals surface area contributed by atoms with Gasteiger partial charge in [-0.3, -0.25) is 4.79 Å². The normalized spacial score (nSPS) is 25.3. The minimum atomic E-state index is -3.42. The summed E-state index contributed by atoms with van der Waals surface area (Å²) in [5, 5.41) is 13.6. The van der Waals surface area contributed by atoms with Crippen LogP contribution in [0.4, 0.5) is 0 Å². The van der Waals surface area contributed by atoms with Gasteiger partial charge in [-0.1, -0.05) is 62.2 Å². The summed E-state index contributed by atoms with van der Waals surface area (Å²) in [4.78, 5) is 13.7. The molecule has 174 valence electrons. The zero-order valence-corrected chi connectivity index (χ0v) is 18.3. The average molecular weight is 451 g/mol. The predicted molar refractivity (Wildman–Crippen MR) is 126 cm³/mol. The molecule has 1 aliphatic rings. The lowest BCUT2D eigenvalue weighted by Crippen LogP contribution is -2.49. The van der Waals surface area contributed by atoms with Crippen LogP contribution in [0.15, 0.2) is 54.6 Å². The zero-order valence-electron chi connectivity index (χ0n) is 29.3. The van der Waals surface area contributed by atoms with Crippen molar-refractivity contribution in [2.24, 2.45) is 5.41 Å². The molecule has 0 saturated heterocycles. The number of amides is 1. The van der Waals surface area contributed by atoms with Gasteiger partial charge in [0.1, 0.15) is 5.75 Å². The fraction of sp³-hybridized carbons (Fsp3) is 0.519. The first-order valence-electron chi connectivity index (χ1n) is 16.0. The third-order valence-electron chi connectivity index (χ3n) is 5.86. The SMILES string of the molecule is [2H]C([2H])([2H])C(OC)([C@H](NC(=O)[C@](O)(c1ccccc1)C([2H])([2H])[2H])c1ccc(OC([2H])([2H])C2(C)CCCC2)cc1)C([2H])([2H])[2H]. The first-order valence-corrected chi connectivity index (χ1v) is 10.5. The third-order valence-corrected chi connectivity index (χ3v) is 5.86. The molecule has 0 aliphatic heterocycles. The van der Waals surface area contributed by atoms with Gasteiger partial charge >= 0.3 is 0 Å². The van der Waals surface area contributed by atoms with Crippen LogP contribution < -0.4 is 10.1 Å². The van der Waals surface area contributed by atoms with Gasteiger partial charge in [0.15, 0.2) is 5.60 Å². The molecule has 1 aliphatic carbocycles. The van der Waals surface area contributed by atoms with Crippen molar-refractivity contribution >= 4 is 5.91 Å². The highest BCUT2D eigenvalue weighted by Gasteiger charge is 2.38. The van der Waals surface area contributed by atoms with Crippen LogP contribution >= 0.6 is 0 Å². The summed E-state index contributed by atoms with van der Waals surface area (Å²) in [5.41, 5.74) is -7.53. The molecule has 32 heavy (non-hydrogen) atoms. The molecular formula is C27H37NO4. The van der Waals surface area contributed by atoms with Crippen LogP contribution in [0, 0.1) is 5.41 Å². The Morgan fingerprint density at radius 2 is 1.81 bits per heavy atom.